The summed E-state index contributed by atoms with van der Waals surface area (Å²) in [4.78, 5) is 51.4. The fraction of sp³-hybridized carbons (Fsp3) is 0.154. The van der Waals surface area contributed by atoms with Gasteiger partial charge in [-0.3, -0.25) is 19.3 Å². The number of benzene rings is 3. The first-order valence-corrected chi connectivity index (χ1v) is 10.4. The number of methoxy groups -OCH3 is 2. The van der Waals surface area contributed by atoms with Gasteiger partial charge in [-0.15, -0.1) is 0 Å². The van der Waals surface area contributed by atoms with E-state index in [-0.39, 0.29) is 29.5 Å². The minimum Gasteiger partial charge on any atom is -0.497 e. The summed E-state index contributed by atoms with van der Waals surface area (Å²) < 4.78 is 15.5. The van der Waals surface area contributed by atoms with Crippen LogP contribution in [0.25, 0.3) is 0 Å². The first kappa shape index (κ1) is 22.7. The molecule has 4 rings (SSSR count). The number of amides is 2. The van der Waals surface area contributed by atoms with Gasteiger partial charge in [0.15, 0.2) is 6.61 Å². The number of hydrogen-bond acceptors (Lipinski definition) is 7. The van der Waals surface area contributed by atoms with Crippen molar-refractivity contribution in [3.63, 3.8) is 0 Å². The summed E-state index contributed by atoms with van der Waals surface area (Å²) in [7, 11) is 2.93. The van der Waals surface area contributed by atoms with E-state index in [2.05, 4.69) is 0 Å². The average Bonchev–Trinajstić information content (AvgIpc) is 3.11. The molecule has 0 atom stereocenters. The summed E-state index contributed by atoms with van der Waals surface area (Å²) >= 11 is 0. The van der Waals surface area contributed by atoms with Gasteiger partial charge in [0.1, 0.15) is 11.5 Å². The van der Waals surface area contributed by atoms with Crippen LogP contribution in [0.2, 0.25) is 0 Å². The second-order valence-electron chi connectivity index (χ2n) is 7.51. The Balaban J connectivity index is 1.42. The summed E-state index contributed by atoms with van der Waals surface area (Å²) in [5.41, 5.74) is 1.75. The van der Waals surface area contributed by atoms with Crippen LogP contribution >= 0.6 is 0 Å². The molecule has 3 aromatic rings. The number of carbonyl (C=O) groups excluding carboxylic acids is 4. The first-order chi connectivity index (χ1) is 16.4. The Labute approximate surface area is 195 Å². The Morgan fingerprint density at radius 2 is 1.53 bits per heavy atom. The third-order valence-corrected chi connectivity index (χ3v) is 5.43. The zero-order chi connectivity index (χ0) is 24.2. The van der Waals surface area contributed by atoms with Crippen LogP contribution in [0.4, 0.5) is 0 Å². The Kier molecular flexibility index (Phi) is 6.40. The van der Waals surface area contributed by atoms with Crippen LogP contribution in [-0.2, 0) is 11.3 Å². The first-order valence-electron chi connectivity index (χ1n) is 10.4. The molecule has 3 aromatic carbocycles. The molecule has 172 valence electrons. The maximum atomic E-state index is 12.6. The van der Waals surface area contributed by atoms with Crippen molar-refractivity contribution < 1.29 is 33.4 Å². The highest BCUT2D eigenvalue weighted by Gasteiger charge is 2.35. The predicted octanol–water partition coefficient (Wildman–Crippen LogP) is 3.54. The minimum absolute atomic E-state index is 0.00937. The molecule has 0 aromatic heterocycles. The molecule has 2 amide bonds. The topological polar surface area (TPSA) is 99.2 Å². The monoisotopic (exact) mass is 459 g/mol. The summed E-state index contributed by atoms with van der Waals surface area (Å²) in [5, 5.41) is 0. The molecule has 34 heavy (non-hydrogen) atoms. The molecule has 1 heterocycles. The highest BCUT2D eigenvalue weighted by atomic mass is 16.5. The van der Waals surface area contributed by atoms with Crippen molar-refractivity contribution in [1.82, 2.24) is 4.90 Å². The number of imide groups is 1. The largest absolute Gasteiger partial charge is 0.497 e. The summed E-state index contributed by atoms with van der Waals surface area (Å²) in [5.74, 6) is -1.07. The highest BCUT2D eigenvalue weighted by Crippen LogP contribution is 2.26. The third kappa shape index (κ3) is 4.38. The minimum atomic E-state index is -0.704. The molecule has 8 heteroatoms. The SMILES string of the molecule is COc1ccc(C(=O)COC(=O)c2cccc(CN3C(=O)c4ccccc4C3=O)c2)c(OC)c1. The summed E-state index contributed by atoms with van der Waals surface area (Å²) in [6.07, 6.45) is 0. The Morgan fingerprint density at radius 1 is 0.824 bits per heavy atom. The van der Waals surface area contributed by atoms with E-state index in [0.717, 1.165) is 4.90 Å². The van der Waals surface area contributed by atoms with Gasteiger partial charge < -0.3 is 14.2 Å². The molecular weight excluding hydrogens is 438 g/mol. The second-order valence-corrected chi connectivity index (χ2v) is 7.51. The van der Waals surface area contributed by atoms with E-state index in [1.807, 2.05) is 0 Å². The van der Waals surface area contributed by atoms with Crippen molar-refractivity contribution in [2.24, 2.45) is 0 Å². The van der Waals surface area contributed by atoms with Crippen molar-refractivity contribution in [2.45, 2.75) is 6.54 Å². The molecule has 0 saturated carbocycles. The molecule has 0 aliphatic carbocycles. The number of hydrogen-bond donors (Lipinski definition) is 0. The van der Waals surface area contributed by atoms with E-state index >= 15 is 0 Å². The van der Waals surface area contributed by atoms with Gasteiger partial charge in [-0.1, -0.05) is 24.3 Å². The molecule has 8 nitrogen and oxygen atoms in total. The summed E-state index contributed by atoms with van der Waals surface area (Å²) in [6, 6.07) is 17.7. The van der Waals surface area contributed by atoms with Gasteiger partial charge in [0, 0.05) is 6.07 Å². The van der Waals surface area contributed by atoms with Crippen molar-refractivity contribution in [2.75, 3.05) is 20.8 Å². The number of ketones is 1. The maximum absolute atomic E-state index is 12.6. The van der Waals surface area contributed by atoms with Crippen molar-refractivity contribution in [1.29, 1.82) is 0 Å². The number of rotatable bonds is 8. The van der Waals surface area contributed by atoms with Crippen LogP contribution in [0.1, 0.15) is 47.0 Å². The zero-order valence-corrected chi connectivity index (χ0v) is 18.6. The molecule has 1 aliphatic rings. The standard InChI is InChI=1S/C26H21NO7/c1-32-18-10-11-21(23(13-18)33-2)22(28)15-34-26(31)17-7-5-6-16(12-17)14-27-24(29)19-8-3-4-9-20(19)25(27)30/h3-13H,14-15H2,1-2H3. The third-order valence-electron chi connectivity index (χ3n) is 5.43. The van der Waals surface area contributed by atoms with E-state index in [1.165, 1.54) is 32.4 Å². The Morgan fingerprint density at radius 3 is 2.18 bits per heavy atom. The van der Waals surface area contributed by atoms with Gasteiger partial charge in [-0.25, -0.2) is 4.79 Å². The van der Waals surface area contributed by atoms with Crippen molar-refractivity contribution in [3.8, 4) is 11.5 Å². The number of ether oxygens (including phenoxy) is 3. The number of carbonyl (C=O) groups is 4. The Hall–Kier alpha value is -4.46. The fourth-order valence-corrected chi connectivity index (χ4v) is 3.68. The fourth-order valence-electron chi connectivity index (χ4n) is 3.68. The van der Waals surface area contributed by atoms with Crippen LogP contribution in [0.5, 0.6) is 11.5 Å². The van der Waals surface area contributed by atoms with E-state index in [1.54, 1.807) is 48.5 Å². The zero-order valence-electron chi connectivity index (χ0n) is 18.6. The molecule has 0 radical (unpaired) electrons. The molecule has 0 N–H and O–H groups in total. The molecule has 1 aliphatic heterocycles. The lowest BCUT2D eigenvalue weighted by Gasteiger charge is -2.14. The second kappa shape index (κ2) is 9.58. The lowest BCUT2D eigenvalue weighted by atomic mass is 10.1. The van der Waals surface area contributed by atoms with Crippen LogP contribution in [0.15, 0.2) is 66.7 Å². The lowest BCUT2D eigenvalue weighted by Crippen LogP contribution is -2.29. The molecule has 0 fully saturated rings. The molecular formula is C26H21NO7. The van der Waals surface area contributed by atoms with Crippen LogP contribution in [0, 0.1) is 0 Å². The van der Waals surface area contributed by atoms with Crippen molar-refractivity contribution >= 4 is 23.6 Å². The van der Waals surface area contributed by atoms with Crippen LogP contribution < -0.4 is 9.47 Å². The van der Waals surface area contributed by atoms with Gasteiger partial charge in [0.25, 0.3) is 11.8 Å². The predicted molar refractivity (Wildman–Crippen MR) is 121 cm³/mol. The number of nitrogens with zero attached hydrogens (tertiary/aromatic N) is 1. The highest BCUT2D eigenvalue weighted by molar-refractivity contribution is 6.21. The van der Waals surface area contributed by atoms with Gasteiger partial charge in [0.05, 0.1) is 43.0 Å². The molecule has 0 saturated heterocycles. The Bertz CT molecular complexity index is 1260. The molecule has 0 unspecified atom stereocenters. The summed E-state index contributed by atoms with van der Waals surface area (Å²) in [6.45, 7) is -0.473. The van der Waals surface area contributed by atoms with E-state index < -0.39 is 18.4 Å². The quantitative estimate of drug-likeness (QED) is 0.289. The maximum Gasteiger partial charge on any atom is 0.338 e. The van der Waals surface area contributed by atoms with Crippen molar-refractivity contribution in [3.05, 3.63) is 94.5 Å². The average molecular weight is 459 g/mol. The normalized spacial score (nSPS) is 12.4. The molecule has 0 spiro atoms. The van der Waals surface area contributed by atoms with Crippen LogP contribution in [0.3, 0.4) is 0 Å². The van der Waals surface area contributed by atoms with E-state index in [4.69, 9.17) is 14.2 Å². The molecule has 0 bridgehead atoms. The number of Topliss-reactive ketones (excluding diaryl/α,β-unsaturated/α-hetero) is 1. The smallest absolute Gasteiger partial charge is 0.338 e. The number of esters is 1. The van der Waals surface area contributed by atoms with E-state index in [0.29, 0.717) is 28.2 Å². The number of fused-ring (bicyclic) bond motifs is 1. The van der Waals surface area contributed by atoms with Gasteiger partial charge >= 0.3 is 5.97 Å². The van der Waals surface area contributed by atoms with Gasteiger partial charge in [0.2, 0.25) is 5.78 Å². The van der Waals surface area contributed by atoms with E-state index in [9.17, 15) is 19.2 Å². The van der Waals surface area contributed by atoms with Gasteiger partial charge in [-0.2, -0.15) is 0 Å². The lowest BCUT2D eigenvalue weighted by molar-refractivity contribution is 0.0473. The van der Waals surface area contributed by atoms with Gasteiger partial charge in [-0.05, 0) is 42.0 Å². The van der Waals surface area contributed by atoms with Crippen LogP contribution in [-0.4, -0.2) is 49.3 Å².